The number of aryl methyl sites for hydroxylation is 1. The van der Waals surface area contributed by atoms with Crippen LogP contribution in [-0.2, 0) is 7.05 Å². The quantitative estimate of drug-likeness (QED) is 0.848. The number of aromatic nitrogens is 4. The molecule has 8 heteroatoms. The maximum absolute atomic E-state index is 10.0. The van der Waals surface area contributed by atoms with E-state index in [-0.39, 0.29) is 12.1 Å². The van der Waals surface area contributed by atoms with E-state index >= 15 is 0 Å². The molecular formula is C12H17BrN6O. The molecule has 1 aliphatic carbocycles. The van der Waals surface area contributed by atoms with Crippen molar-refractivity contribution in [3.63, 3.8) is 0 Å². The van der Waals surface area contributed by atoms with Gasteiger partial charge in [-0.1, -0.05) is 0 Å². The number of fused-ring (bicyclic) bond motifs is 1. The fraction of sp³-hybridized carbons (Fsp3) is 0.583. The number of nitrogens with zero attached hydrogens (tertiary/aromatic N) is 5. The Bertz CT molecular complexity index is 657. The number of halogens is 1. The molecule has 0 aromatic carbocycles. The SMILES string of the molecule is CN(c1nc(N)c2c(n1)c(Br)nn2C)[C@@H]1CCC[C@H]1O. The summed E-state index contributed by atoms with van der Waals surface area (Å²) in [4.78, 5) is 10.8. The van der Waals surface area contributed by atoms with Crippen molar-refractivity contribution in [2.24, 2.45) is 7.05 Å². The topological polar surface area (TPSA) is 93.1 Å². The molecular weight excluding hydrogens is 324 g/mol. The van der Waals surface area contributed by atoms with Crippen molar-refractivity contribution in [3.8, 4) is 0 Å². The van der Waals surface area contributed by atoms with Gasteiger partial charge in [0.2, 0.25) is 5.95 Å². The molecule has 0 aliphatic heterocycles. The second-order valence-electron chi connectivity index (χ2n) is 5.20. The van der Waals surface area contributed by atoms with Gasteiger partial charge in [-0.2, -0.15) is 10.1 Å². The van der Waals surface area contributed by atoms with Crippen molar-refractivity contribution in [2.75, 3.05) is 17.7 Å². The largest absolute Gasteiger partial charge is 0.391 e. The standard InChI is InChI=1S/C12H17BrN6O/c1-18(6-4-3-5-7(6)20)12-15-8-9(11(14)16-12)19(2)17-10(8)13/h6-7,20H,3-5H2,1-2H3,(H2,14,15,16)/t6-,7-/m1/s1. The van der Waals surface area contributed by atoms with Gasteiger partial charge >= 0.3 is 0 Å². The summed E-state index contributed by atoms with van der Waals surface area (Å²) in [6.45, 7) is 0. The second-order valence-corrected chi connectivity index (χ2v) is 5.95. The van der Waals surface area contributed by atoms with Crippen LogP contribution in [0.1, 0.15) is 19.3 Å². The molecule has 1 saturated carbocycles. The molecule has 0 radical (unpaired) electrons. The van der Waals surface area contributed by atoms with Crippen LogP contribution in [-0.4, -0.2) is 44.0 Å². The fourth-order valence-electron chi connectivity index (χ4n) is 2.83. The van der Waals surface area contributed by atoms with Crippen LogP contribution in [0.4, 0.5) is 11.8 Å². The average Bonchev–Trinajstić information content (AvgIpc) is 2.93. The molecule has 3 N–H and O–H groups in total. The van der Waals surface area contributed by atoms with Gasteiger partial charge in [0.1, 0.15) is 11.0 Å². The molecule has 2 atom stereocenters. The Morgan fingerprint density at radius 1 is 1.40 bits per heavy atom. The third-order valence-corrected chi connectivity index (χ3v) is 4.45. The summed E-state index contributed by atoms with van der Waals surface area (Å²) in [5, 5.41) is 14.3. The lowest BCUT2D eigenvalue weighted by atomic mass is 10.2. The number of anilines is 2. The van der Waals surface area contributed by atoms with Gasteiger partial charge in [-0.05, 0) is 35.2 Å². The molecule has 0 unspecified atom stereocenters. The summed E-state index contributed by atoms with van der Waals surface area (Å²) in [6, 6.07) is 0.0438. The molecule has 2 aromatic heterocycles. The number of aliphatic hydroxyl groups is 1. The molecule has 0 spiro atoms. The highest BCUT2D eigenvalue weighted by Gasteiger charge is 2.30. The summed E-state index contributed by atoms with van der Waals surface area (Å²) >= 11 is 3.38. The number of aliphatic hydroxyl groups excluding tert-OH is 1. The van der Waals surface area contributed by atoms with E-state index in [1.807, 2.05) is 11.9 Å². The number of hydrogen-bond donors (Lipinski definition) is 2. The van der Waals surface area contributed by atoms with Crippen LogP contribution < -0.4 is 10.6 Å². The van der Waals surface area contributed by atoms with Gasteiger partial charge in [0, 0.05) is 14.1 Å². The van der Waals surface area contributed by atoms with Gasteiger partial charge in [0.05, 0.1) is 12.1 Å². The Hall–Kier alpha value is -1.41. The third-order valence-electron chi connectivity index (χ3n) is 3.91. The molecule has 0 bridgehead atoms. The van der Waals surface area contributed by atoms with E-state index < -0.39 is 0 Å². The molecule has 7 nitrogen and oxygen atoms in total. The first-order valence-corrected chi connectivity index (χ1v) is 7.35. The Kier molecular flexibility index (Phi) is 3.29. The predicted molar refractivity (Wildman–Crippen MR) is 80.5 cm³/mol. The molecule has 1 aliphatic rings. The maximum Gasteiger partial charge on any atom is 0.228 e. The molecule has 0 amide bonds. The minimum atomic E-state index is -0.335. The second kappa shape index (κ2) is 4.85. The van der Waals surface area contributed by atoms with E-state index in [4.69, 9.17) is 5.73 Å². The zero-order valence-corrected chi connectivity index (χ0v) is 13.0. The number of nitrogens with two attached hydrogens (primary N) is 1. The minimum Gasteiger partial charge on any atom is -0.391 e. The molecule has 2 heterocycles. The Morgan fingerprint density at radius 2 is 2.15 bits per heavy atom. The van der Waals surface area contributed by atoms with Crippen LogP contribution in [0.25, 0.3) is 11.0 Å². The number of rotatable bonds is 2. The molecule has 108 valence electrons. The van der Waals surface area contributed by atoms with Crippen LogP contribution >= 0.6 is 15.9 Å². The Balaban J connectivity index is 2.06. The van der Waals surface area contributed by atoms with Crippen molar-refractivity contribution >= 4 is 38.7 Å². The Labute approximate surface area is 124 Å². The molecule has 1 fully saturated rings. The van der Waals surface area contributed by atoms with Crippen molar-refractivity contribution < 1.29 is 5.11 Å². The first-order valence-electron chi connectivity index (χ1n) is 6.55. The van der Waals surface area contributed by atoms with Crippen LogP contribution in [0.3, 0.4) is 0 Å². The summed E-state index contributed by atoms with van der Waals surface area (Å²) < 4.78 is 2.30. The van der Waals surface area contributed by atoms with E-state index in [1.165, 1.54) is 0 Å². The monoisotopic (exact) mass is 340 g/mol. The first-order chi connectivity index (χ1) is 9.49. The lowest BCUT2D eigenvalue weighted by Crippen LogP contribution is -2.38. The van der Waals surface area contributed by atoms with E-state index in [2.05, 4.69) is 31.0 Å². The van der Waals surface area contributed by atoms with E-state index in [1.54, 1.807) is 11.7 Å². The molecule has 3 rings (SSSR count). The van der Waals surface area contributed by atoms with Gasteiger partial charge in [0.15, 0.2) is 10.4 Å². The fourth-order valence-corrected chi connectivity index (χ4v) is 3.34. The van der Waals surface area contributed by atoms with Crippen molar-refractivity contribution in [1.29, 1.82) is 0 Å². The average molecular weight is 341 g/mol. The Morgan fingerprint density at radius 3 is 2.80 bits per heavy atom. The van der Waals surface area contributed by atoms with Crippen molar-refractivity contribution in [1.82, 2.24) is 19.7 Å². The zero-order valence-electron chi connectivity index (χ0n) is 11.4. The normalized spacial score (nSPS) is 22.6. The van der Waals surface area contributed by atoms with Gasteiger partial charge < -0.3 is 15.7 Å². The van der Waals surface area contributed by atoms with Crippen LogP contribution in [0.15, 0.2) is 4.60 Å². The van der Waals surface area contributed by atoms with Gasteiger partial charge in [-0.25, -0.2) is 4.98 Å². The van der Waals surface area contributed by atoms with E-state index in [9.17, 15) is 5.11 Å². The highest BCUT2D eigenvalue weighted by molar-refractivity contribution is 9.10. The number of likely N-dealkylation sites (N-methyl/N-ethyl adjacent to an activating group) is 1. The smallest absolute Gasteiger partial charge is 0.228 e. The highest BCUT2D eigenvalue weighted by atomic mass is 79.9. The lowest BCUT2D eigenvalue weighted by molar-refractivity contribution is 0.162. The highest BCUT2D eigenvalue weighted by Crippen LogP contribution is 2.30. The van der Waals surface area contributed by atoms with Crippen LogP contribution in [0, 0.1) is 0 Å². The van der Waals surface area contributed by atoms with Crippen molar-refractivity contribution in [2.45, 2.75) is 31.4 Å². The lowest BCUT2D eigenvalue weighted by Gasteiger charge is -2.27. The van der Waals surface area contributed by atoms with E-state index in [0.29, 0.717) is 27.4 Å². The van der Waals surface area contributed by atoms with Crippen LogP contribution in [0.5, 0.6) is 0 Å². The van der Waals surface area contributed by atoms with Crippen LogP contribution in [0.2, 0.25) is 0 Å². The minimum absolute atomic E-state index is 0.0438. The summed E-state index contributed by atoms with van der Waals surface area (Å²) in [7, 11) is 3.70. The maximum atomic E-state index is 10.0. The van der Waals surface area contributed by atoms with Gasteiger partial charge in [-0.15, -0.1) is 0 Å². The number of nitrogen functional groups attached to an aromatic ring is 1. The number of hydrogen-bond acceptors (Lipinski definition) is 6. The van der Waals surface area contributed by atoms with Gasteiger partial charge in [0.25, 0.3) is 0 Å². The summed E-state index contributed by atoms with van der Waals surface area (Å²) in [6.07, 6.45) is 2.44. The first kappa shape index (κ1) is 13.6. The molecule has 2 aromatic rings. The third kappa shape index (κ3) is 2.03. The van der Waals surface area contributed by atoms with Crippen molar-refractivity contribution in [3.05, 3.63) is 4.60 Å². The summed E-state index contributed by atoms with van der Waals surface area (Å²) in [5.74, 6) is 0.916. The summed E-state index contributed by atoms with van der Waals surface area (Å²) in [5.41, 5.74) is 7.42. The predicted octanol–water partition coefficient (Wildman–Crippen LogP) is 1.06. The zero-order chi connectivity index (χ0) is 14.4. The van der Waals surface area contributed by atoms with E-state index in [0.717, 1.165) is 19.3 Å². The molecule has 0 saturated heterocycles. The van der Waals surface area contributed by atoms with Gasteiger partial charge in [-0.3, -0.25) is 4.68 Å². The molecule has 20 heavy (non-hydrogen) atoms.